The third-order valence-corrected chi connectivity index (χ3v) is 5.39. The largest absolute Gasteiger partial charge is 0.352 e. The van der Waals surface area contributed by atoms with Gasteiger partial charge in [-0.3, -0.25) is 9.20 Å². The summed E-state index contributed by atoms with van der Waals surface area (Å²) in [6.07, 6.45) is 3.75. The molecule has 5 rings (SSSR count). The van der Waals surface area contributed by atoms with E-state index < -0.39 is 0 Å². The molecule has 0 unspecified atom stereocenters. The number of hydrogen-bond donors (Lipinski definition) is 0. The Hall–Kier alpha value is -3.75. The number of amides is 1. The van der Waals surface area contributed by atoms with Crippen LogP contribution in [-0.4, -0.2) is 66.3 Å². The van der Waals surface area contributed by atoms with E-state index in [2.05, 4.69) is 25.2 Å². The monoisotopic (exact) mass is 402 g/mol. The average molecular weight is 402 g/mol. The van der Waals surface area contributed by atoms with Crippen molar-refractivity contribution in [3.8, 4) is 5.82 Å². The van der Waals surface area contributed by atoms with Gasteiger partial charge in [0, 0.05) is 38.6 Å². The molecule has 0 spiro atoms. The van der Waals surface area contributed by atoms with Gasteiger partial charge in [0.15, 0.2) is 11.6 Å². The van der Waals surface area contributed by atoms with Gasteiger partial charge in [0.05, 0.1) is 11.4 Å². The molecule has 0 aromatic carbocycles. The molecule has 4 aromatic heterocycles. The highest BCUT2D eigenvalue weighted by Gasteiger charge is 2.26. The summed E-state index contributed by atoms with van der Waals surface area (Å²) in [6.45, 7) is 6.48. The van der Waals surface area contributed by atoms with Crippen molar-refractivity contribution in [2.75, 3.05) is 31.1 Å². The van der Waals surface area contributed by atoms with Gasteiger partial charge >= 0.3 is 0 Å². The third kappa shape index (κ3) is 3.18. The minimum absolute atomic E-state index is 0.0151. The van der Waals surface area contributed by atoms with E-state index in [0.717, 1.165) is 22.9 Å². The molecule has 0 saturated carbocycles. The predicted octanol–water partition coefficient (Wildman–Crippen LogP) is 1.89. The molecule has 1 saturated heterocycles. The molecule has 1 amide bonds. The predicted molar refractivity (Wildman–Crippen MR) is 112 cm³/mol. The molecular weight excluding hydrogens is 380 g/mol. The van der Waals surface area contributed by atoms with Gasteiger partial charge in [0.25, 0.3) is 5.91 Å². The number of aryl methyl sites for hydroxylation is 2. The maximum absolute atomic E-state index is 13.2. The zero-order valence-electron chi connectivity index (χ0n) is 16.9. The first-order valence-corrected chi connectivity index (χ1v) is 9.94. The highest BCUT2D eigenvalue weighted by Crippen LogP contribution is 2.18. The summed E-state index contributed by atoms with van der Waals surface area (Å²) < 4.78 is 3.58. The van der Waals surface area contributed by atoms with Gasteiger partial charge in [-0.15, -0.1) is 10.2 Å². The lowest BCUT2D eigenvalue weighted by atomic mass is 10.2. The molecule has 1 fully saturated rings. The van der Waals surface area contributed by atoms with Crippen molar-refractivity contribution >= 4 is 17.4 Å². The second kappa shape index (κ2) is 7.25. The summed E-state index contributed by atoms with van der Waals surface area (Å²) in [5.74, 6) is 1.51. The molecule has 0 atom stereocenters. The SMILES string of the molecule is Cc1ccn(-c2ccc(N3CCN(C(=O)c4c(C)nc5ccccn45)CC3)nn2)n1. The van der Waals surface area contributed by atoms with Crippen LogP contribution >= 0.6 is 0 Å². The van der Waals surface area contributed by atoms with Gasteiger partial charge in [0.2, 0.25) is 0 Å². The summed E-state index contributed by atoms with van der Waals surface area (Å²) in [5.41, 5.74) is 3.12. The number of nitrogens with zero attached hydrogens (tertiary/aromatic N) is 8. The van der Waals surface area contributed by atoms with E-state index in [1.807, 2.05) is 71.9 Å². The summed E-state index contributed by atoms with van der Waals surface area (Å²) in [5, 5.41) is 13.0. The molecule has 5 heterocycles. The van der Waals surface area contributed by atoms with Gasteiger partial charge in [-0.25, -0.2) is 9.67 Å². The van der Waals surface area contributed by atoms with Crippen LogP contribution in [0.5, 0.6) is 0 Å². The molecular formula is C21H22N8O. The average Bonchev–Trinajstić information content (AvgIpc) is 3.36. The summed E-state index contributed by atoms with van der Waals surface area (Å²) in [4.78, 5) is 21.7. The maximum Gasteiger partial charge on any atom is 0.272 e. The van der Waals surface area contributed by atoms with Crippen LogP contribution in [0.1, 0.15) is 21.9 Å². The van der Waals surface area contributed by atoms with Crippen molar-refractivity contribution in [1.82, 2.24) is 34.3 Å². The number of rotatable bonds is 3. The first kappa shape index (κ1) is 18.3. The minimum Gasteiger partial charge on any atom is -0.352 e. The molecule has 4 aromatic rings. The number of hydrogen-bond acceptors (Lipinski definition) is 6. The molecule has 9 heteroatoms. The van der Waals surface area contributed by atoms with Crippen molar-refractivity contribution in [2.24, 2.45) is 0 Å². The first-order chi connectivity index (χ1) is 14.6. The molecule has 1 aliphatic rings. The first-order valence-electron chi connectivity index (χ1n) is 9.94. The maximum atomic E-state index is 13.2. The number of carbonyl (C=O) groups excluding carboxylic acids is 1. The zero-order chi connectivity index (χ0) is 20.7. The van der Waals surface area contributed by atoms with Gasteiger partial charge < -0.3 is 9.80 Å². The lowest BCUT2D eigenvalue weighted by Crippen LogP contribution is -2.49. The summed E-state index contributed by atoms with van der Waals surface area (Å²) in [7, 11) is 0. The smallest absolute Gasteiger partial charge is 0.272 e. The van der Waals surface area contributed by atoms with Gasteiger partial charge in [0.1, 0.15) is 11.3 Å². The van der Waals surface area contributed by atoms with E-state index in [4.69, 9.17) is 0 Å². The van der Waals surface area contributed by atoms with Crippen molar-refractivity contribution in [1.29, 1.82) is 0 Å². The highest BCUT2D eigenvalue weighted by molar-refractivity contribution is 5.94. The topological polar surface area (TPSA) is 84.5 Å². The second-order valence-electron chi connectivity index (χ2n) is 7.41. The van der Waals surface area contributed by atoms with E-state index in [-0.39, 0.29) is 5.91 Å². The van der Waals surface area contributed by atoms with E-state index in [9.17, 15) is 4.79 Å². The quantitative estimate of drug-likeness (QED) is 0.520. The van der Waals surface area contributed by atoms with Gasteiger partial charge in [-0.1, -0.05) is 6.07 Å². The number of carbonyl (C=O) groups is 1. The number of pyridine rings is 1. The summed E-state index contributed by atoms with van der Waals surface area (Å²) >= 11 is 0. The summed E-state index contributed by atoms with van der Waals surface area (Å²) in [6, 6.07) is 11.5. The highest BCUT2D eigenvalue weighted by atomic mass is 16.2. The Balaban J connectivity index is 1.28. The number of fused-ring (bicyclic) bond motifs is 1. The zero-order valence-corrected chi connectivity index (χ0v) is 16.9. The molecule has 0 N–H and O–H groups in total. The molecule has 0 radical (unpaired) electrons. The number of piperazine rings is 1. The Labute approximate surface area is 173 Å². The number of anilines is 1. The Morgan fingerprint density at radius 1 is 0.900 bits per heavy atom. The Bertz CT molecular complexity index is 1200. The standard InChI is InChI=1S/C21H22N8O/c1-15-8-10-29(25-15)19-7-6-18(23-24-19)26-11-13-27(14-12-26)21(30)20-16(2)22-17-5-3-4-9-28(17)20/h3-10H,11-14H2,1-2H3. The van der Waals surface area contributed by atoms with Crippen LogP contribution in [0.15, 0.2) is 48.8 Å². The lowest BCUT2D eigenvalue weighted by Gasteiger charge is -2.35. The fourth-order valence-electron chi connectivity index (χ4n) is 3.81. The minimum atomic E-state index is 0.0151. The van der Waals surface area contributed by atoms with Crippen molar-refractivity contribution in [3.05, 3.63) is 65.9 Å². The van der Waals surface area contributed by atoms with Crippen molar-refractivity contribution < 1.29 is 4.79 Å². The molecule has 152 valence electrons. The molecule has 0 bridgehead atoms. The van der Waals surface area contributed by atoms with Gasteiger partial charge in [-0.2, -0.15) is 5.10 Å². The van der Waals surface area contributed by atoms with Crippen LogP contribution < -0.4 is 4.90 Å². The molecule has 30 heavy (non-hydrogen) atoms. The molecule has 1 aliphatic heterocycles. The normalized spacial score (nSPS) is 14.5. The molecule has 9 nitrogen and oxygen atoms in total. The van der Waals surface area contributed by atoms with E-state index in [0.29, 0.717) is 37.7 Å². The van der Waals surface area contributed by atoms with Gasteiger partial charge in [-0.05, 0) is 44.2 Å². The van der Waals surface area contributed by atoms with E-state index in [1.54, 1.807) is 4.68 Å². The van der Waals surface area contributed by atoms with Crippen molar-refractivity contribution in [3.63, 3.8) is 0 Å². The second-order valence-corrected chi connectivity index (χ2v) is 7.41. The van der Waals surface area contributed by atoms with Crippen LogP contribution in [0.25, 0.3) is 11.5 Å². The van der Waals surface area contributed by atoms with Crippen molar-refractivity contribution in [2.45, 2.75) is 13.8 Å². The fraction of sp³-hybridized carbons (Fsp3) is 0.286. The fourth-order valence-corrected chi connectivity index (χ4v) is 3.81. The third-order valence-electron chi connectivity index (χ3n) is 5.39. The van der Waals surface area contributed by atoms with E-state index >= 15 is 0 Å². The van der Waals surface area contributed by atoms with Crippen LogP contribution in [0, 0.1) is 13.8 Å². The number of imidazole rings is 1. The Morgan fingerprint density at radius 3 is 2.37 bits per heavy atom. The van der Waals surface area contributed by atoms with Crippen LogP contribution in [0.4, 0.5) is 5.82 Å². The van der Waals surface area contributed by atoms with Crippen LogP contribution in [0.3, 0.4) is 0 Å². The molecule has 0 aliphatic carbocycles. The Morgan fingerprint density at radius 2 is 1.67 bits per heavy atom. The van der Waals surface area contributed by atoms with E-state index in [1.165, 1.54) is 0 Å². The number of aromatic nitrogens is 6. The Kier molecular flexibility index (Phi) is 4.42. The van der Waals surface area contributed by atoms with Crippen LogP contribution in [0.2, 0.25) is 0 Å². The lowest BCUT2D eigenvalue weighted by molar-refractivity contribution is 0.0738. The van der Waals surface area contributed by atoms with Crippen LogP contribution in [-0.2, 0) is 0 Å².